The highest BCUT2D eigenvalue weighted by atomic mass is 16.4. The summed E-state index contributed by atoms with van der Waals surface area (Å²) < 4.78 is 0. The predicted octanol–water partition coefficient (Wildman–Crippen LogP) is 2.32. The number of rotatable bonds is 6. The van der Waals surface area contributed by atoms with E-state index in [4.69, 9.17) is 0 Å². The lowest BCUT2D eigenvalue weighted by molar-refractivity contribution is -0.141. The van der Waals surface area contributed by atoms with Crippen LogP contribution < -0.4 is 5.32 Å². The minimum Gasteiger partial charge on any atom is -0.481 e. The molecule has 0 fully saturated rings. The summed E-state index contributed by atoms with van der Waals surface area (Å²) in [5.41, 5.74) is 2.65. The van der Waals surface area contributed by atoms with Crippen LogP contribution in [0.4, 0.5) is 0 Å². The van der Waals surface area contributed by atoms with E-state index < -0.39 is 11.9 Å². The third kappa shape index (κ3) is 4.88. The van der Waals surface area contributed by atoms with E-state index in [0.29, 0.717) is 12.0 Å². The van der Waals surface area contributed by atoms with Crippen LogP contribution in [0.2, 0.25) is 0 Å². The Morgan fingerprint density at radius 2 is 2.10 bits per heavy atom. The first kappa shape index (κ1) is 16.0. The van der Waals surface area contributed by atoms with Gasteiger partial charge in [0.05, 0.1) is 5.92 Å². The first-order valence-corrected chi connectivity index (χ1v) is 6.63. The molecule has 1 atom stereocenters. The molecule has 1 amide bonds. The summed E-state index contributed by atoms with van der Waals surface area (Å²) in [6.07, 6.45) is 2.11. The van der Waals surface area contributed by atoms with Crippen LogP contribution in [0.3, 0.4) is 0 Å². The zero-order chi connectivity index (χ0) is 15.1. The van der Waals surface area contributed by atoms with Gasteiger partial charge >= 0.3 is 5.97 Å². The van der Waals surface area contributed by atoms with Gasteiger partial charge < -0.3 is 10.4 Å². The van der Waals surface area contributed by atoms with E-state index in [-0.39, 0.29) is 12.5 Å². The van der Waals surface area contributed by atoms with Crippen LogP contribution in [0.25, 0.3) is 0 Å². The highest BCUT2D eigenvalue weighted by molar-refractivity contribution is 5.92. The van der Waals surface area contributed by atoms with Gasteiger partial charge in [0, 0.05) is 12.1 Å². The number of carboxylic acid groups (broad SMARTS) is 1. The van der Waals surface area contributed by atoms with Crippen LogP contribution in [0, 0.1) is 12.8 Å². The number of hydrogen-bond donors (Lipinski definition) is 2. The molecule has 4 nitrogen and oxygen atoms in total. The number of aryl methyl sites for hydroxylation is 1. The number of hydrogen-bond acceptors (Lipinski definition) is 2. The Labute approximate surface area is 119 Å². The van der Waals surface area contributed by atoms with Crippen LogP contribution in [-0.2, 0) is 16.0 Å². The van der Waals surface area contributed by atoms with Gasteiger partial charge in [-0.2, -0.15) is 0 Å². The fourth-order valence-corrected chi connectivity index (χ4v) is 1.86. The van der Waals surface area contributed by atoms with Crippen molar-refractivity contribution >= 4 is 11.9 Å². The minimum atomic E-state index is -0.898. The third-order valence-electron chi connectivity index (χ3n) is 3.21. The van der Waals surface area contributed by atoms with Gasteiger partial charge in [-0.25, -0.2) is 0 Å². The topological polar surface area (TPSA) is 66.4 Å². The number of benzene rings is 1. The molecule has 108 valence electrons. The lowest BCUT2D eigenvalue weighted by atomic mass is 9.98. The van der Waals surface area contributed by atoms with Crippen molar-refractivity contribution in [2.45, 2.75) is 27.2 Å². The second-order valence-corrected chi connectivity index (χ2v) is 4.91. The van der Waals surface area contributed by atoms with E-state index >= 15 is 0 Å². The normalized spacial score (nSPS) is 12.8. The van der Waals surface area contributed by atoms with E-state index in [2.05, 4.69) is 5.32 Å². The van der Waals surface area contributed by atoms with Gasteiger partial charge in [-0.15, -0.1) is 0 Å². The van der Waals surface area contributed by atoms with Crippen molar-refractivity contribution in [3.05, 3.63) is 47.0 Å². The monoisotopic (exact) mass is 275 g/mol. The summed E-state index contributed by atoms with van der Waals surface area (Å²) in [6, 6.07) is 7.75. The molecule has 0 heterocycles. The highest BCUT2D eigenvalue weighted by Crippen LogP contribution is 2.11. The molecule has 0 saturated heterocycles. The van der Waals surface area contributed by atoms with Crippen LogP contribution in [0.15, 0.2) is 35.9 Å². The molecule has 0 bridgehead atoms. The average molecular weight is 275 g/mol. The molecular formula is C16H21NO3. The Hall–Kier alpha value is -2.10. The van der Waals surface area contributed by atoms with Crippen LogP contribution in [0.1, 0.15) is 25.0 Å². The predicted molar refractivity (Wildman–Crippen MR) is 78.4 cm³/mol. The minimum absolute atomic E-state index is 0.132. The largest absolute Gasteiger partial charge is 0.481 e. The van der Waals surface area contributed by atoms with Gasteiger partial charge in [0.1, 0.15) is 0 Å². The molecule has 1 unspecified atom stereocenters. The summed E-state index contributed by atoms with van der Waals surface area (Å²) in [4.78, 5) is 22.9. The third-order valence-corrected chi connectivity index (χ3v) is 3.21. The van der Waals surface area contributed by atoms with Crippen LogP contribution >= 0.6 is 0 Å². The SMILES string of the molecule is C/C=C(/C)C(=O)NCC(Cc1cccc(C)c1)C(=O)O. The van der Waals surface area contributed by atoms with Crippen molar-refractivity contribution in [2.24, 2.45) is 5.92 Å². The second kappa shape index (κ2) is 7.48. The van der Waals surface area contributed by atoms with E-state index in [1.54, 1.807) is 19.9 Å². The zero-order valence-corrected chi connectivity index (χ0v) is 12.1. The fraction of sp³-hybridized carbons (Fsp3) is 0.375. The molecule has 1 rings (SSSR count). The molecule has 20 heavy (non-hydrogen) atoms. The number of amides is 1. The Kier molecular flexibility index (Phi) is 5.97. The Bertz CT molecular complexity index is 520. The maximum atomic E-state index is 11.6. The summed E-state index contributed by atoms with van der Waals surface area (Å²) in [6.45, 7) is 5.58. The van der Waals surface area contributed by atoms with Gasteiger partial charge in [-0.1, -0.05) is 35.9 Å². The van der Waals surface area contributed by atoms with Gasteiger partial charge in [-0.3, -0.25) is 9.59 Å². The molecule has 1 aromatic rings. The zero-order valence-electron chi connectivity index (χ0n) is 12.1. The number of carbonyl (C=O) groups is 2. The summed E-state index contributed by atoms with van der Waals surface area (Å²) in [5, 5.41) is 11.9. The molecule has 0 radical (unpaired) electrons. The first-order chi connectivity index (χ1) is 9.43. The van der Waals surface area contributed by atoms with Crippen molar-refractivity contribution in [1.29, 1.82) is 0 Å². The van der Waals surface area contributed by atoms with Crippen molar-refractivity contribution in [2.75, 3.05) is 6.54 Å². The van der Waals surface area contributed by atoms with Gasteiger partial charge in [-0.05, 0) is 32.8 Å². The molecule has 1 aromatic carbocycles. The number of nitrogens with one attached hydrogen (secondary N) is 1. The Morgan fingerprint density at radius 3 is 2.65 bits per heavy atom. The molecule has 0 aliphatic carbocycles. The molecular weight excluding hydrogens is 254 g/mol. The lowest BCUT2D eigenvalue weighted by Gasteiger charge is -2.14. The van der Waals surface area contributed by atoms with Gasteiger partial charge in [0.15, 0.2) is 0 Å². The first-order valence-electron chi connectivity index (χ1n) is 6.63. The van der Waals surface area contributed by atoms with Crippen LogP contribution in [0.5, 0.6) is 0 Å². The molecule has 2 N–H and O–H groups in total. The molecule has 0 aliphatic rings. The van der Waals surface area contributed by atoms with Crippen molar-refractivity contribution in [1.82, 2.24) is 5.32 Å². The smallest absolute Gasteiger partial charge is 0.308 e. The standard InChI is InChI=1S/C16H21NO3/c1-4-12(3)15(18)17-10-14(16(19)20)9-13-7-5-6-11(2)8-13/h4-8,14H,9-10H2,1-3H3,(H,17,18)(H,19,20)/b12-4-. The number of carbonyl (C=O) groups excluding carboxylic acids is 1. The molecule has 0 aromatic heterocycles. The summed E-state index contributed by atoms with van der Waals surface area (Å²) in [7, 11) is 0. The summed E-state index contributed by atoms with van der Waals surface area (Å²) in [5.74, 6) is -1.74. The van der Waals surface area contributed by atoms with E-state index in [9.17, 15) is 14.7 Å². The van der Waals surface area contributed by atoms with E-state index in [0.717, 1.165) is 11.1 Å². The fourth-order valence-electron chi connectivity index (χ4n) is 1.86. The van der Waals surface area contributed by atoms with Crippen molar-refractivity contribution in [3.8, 4) is 0 Å². The number of aliphatic carboxylic acids is 1. The molecule has 0 saturated carbocycles. The van der Waals surface area contributed by atoms with Crippen molar-refractivity contribution in [3.63, 3.8) is 0 Å². The molecule has 4 heteroatoms. The molecule has 0 spiro atoms. The van der Waals surface area contributed by atoms with E-state index in [1.165, 1.54) is 0 Å². The molecule has 0 aliphatic heterocycles. The maximum Gasteiger partial charge on any atom is 0.308 e. The lowest BCUT2D eigenvalue weighted by Crippen LogP contribution is -2.34. The second-order valence-electron chi connectivity index (χ2n) is 4.91. The van der Waals surface area contributed by atoms with Crippen molar-refractivity contribution < 1.29 is 14.7 Å². The highest BCUT2D eigenvalue weighted by Gasteiger charge is 2.19. The van der Waals surface area contributed by atoms with Crippen LogP contribution in [-0.4, -0.2) is 23.5 Å². The number of allylic oxidation sites excluding steroid dienone is 1. The van der Waals surface area contributed by atoms with E-state index in [1.807, 2.05) is 31.2 Å². The average Bonchev–Trinajstić information content (AvgIpc) is 2.41. The Balaban J connectivity index is 2.66. The maximum absolute atomic E-state index is 11.6. The Morgan fingerprint density at radius 1 is 1.40 bits per heavy atom. The van der Waals surface area contributed by atoms with Gasteiger partial charge in [0.2, 0.25) is 5.91 Å². The number of carboxylic acids is 1. The van der Waals surface area contributed by atoms with Gasteiger partial charge in [0.25, 0.3) is 0 Å². The summed E-state index contributed by atoms with van der Waals surface area (Å²) >= 11 is 0. The quantitative estimate of drug-likeness (QED) is 0.783.